The molecule has 0 unspecified atom stereocenters. The van der Waals surface area contributed by atoms with Gasteiger partial charge in [-0.2, -0.15) is 0 Å². The Morgan fingerprint density at radius 2 is 1.76 bits per heavy atom. The molecule has 0 bridgehead atoms. The van der Waals surface area contributed by atoms with Crippen molar-refractivity contribution in [2.75, 3.05) is 40.1 Å². The number of hydrogen-bond donors (Lipinski definition) is 0. The first-order chi connectivity index (χ1) is 10.1. The largest absolute Gasteiger partial charge is 0.385 e. The van der Waals surface area contributed by atoms with Crippen LogP contribution >= 0.6 is 0 Å². The molecule has 0 heterocycles. The monoisotopic (exact) mass is 297 g/mol. The third-order valence-corrected chi connectivity index (χ3v) is 2.64. The van der Waals surface area contributed by atoms with E-state index in [1.807, 2.05) is 0 Å². The van der Waals surface area contributed by atoms with Crippen LogP contribution in [0.15, 0.2) is 24.3 Å². The molecule has 0 fully saturated rings. The van der Waals surface area contributed by atoms with Gasteiger partial charge in [-0.25, -0.2) is 0 Å². The van der Waals surface area contributed by atoms with Crippen LogP contribution in [0.2, 0.25) is 0 Å². The Hall–Kier alpha value is -1.83. The van der Waals surface area contributed by atoms with Crippen molar-refractivity contribution in [3.8, 4) is 0 Å². The minimum absolute atomic E-state index is 0.0445. The average Bonchev–Trinajstić information content (AvgIpc) is 2.49. The number of Topliss-reactive ketones (excluding diaryl/α,β-unsaturated/α-hetero) is 1. The number of hydrogen-bond acceptors (Lipinski definition) is 6. The summed E-state index contributed by atoms with van der Waals surface area (Å²) in [5.74, 6) is -0.218. The van der Waals surface area contributed by atoms with Gasteiger partial charge in [-0.1, -0.05) is 0 Å². The maximum absolute atomic E-state index is 11.7. The number of benzene rings is 1. The number of nitro benzene ring substituents is 1. The maximum Gasteiger partial charge on any atom is 0.269 e. The Morgan fingerprint density at radius 1 is 1.10 bits per heavy atom. The van der Waals surface area contributed by atoms with Gasteiger partial charge in [0.15, 0.2) is 5.78 Å². The first kappa shape index (κ1) is 17.2. The molecule has 1 aromatic carbocycles. The molecule has 0 aromatic heterocycles. The van der Waals surface area contributed by atoms with Crippen molar-refractivity contribution in [1.82, 2.24) is 0 Å². The van der Waals surface area contributed by atoms with Crippen molar-refractivity contribution in [1.29, 1.82) is 0 Å². The lowest BCUT2D eigenvalue weighted by Crippen LogP contribution is -2.13. The first-order valence-electron chi connectivity index (χ1n) is 6.57. The quantitative estimate of drug-likeness (QED) is 0.268. The van der Waals surface area contributed by atoms with Crippen molar-refractivity contribution in [3.63, 3.8) is 0 Å². The van der Waals surface area contributed by atoms with Gasteiger partial charge < -0.3 is 14.2 Å². The summed E-state index contributed by atoms with van der Waals surface area (Å²) < 4.78 is 15.3. The van der Waals surface area contributed by atoms with Gasteiger partial charge in [0.05, 0.1) is 18.1 Å². The van der Waals surface area contributed by atoms with Crippen molar-refractivity contribution in [3.05, 3.63) is 39.9 Å². The summed E-state index contributed by atoms with van der Waals surface area (Å²) in [6.07, 6.45) is 0.818. The van der Waals surface area contributed by atoms with Crippen LogP contribution in [0, 0.1) is 10.1 Å². The highest BCUT2D eigenvalue weighted by Gasteiger charge is 2.09. The number of methoxy groups -OCH3 is 1. The molecule has 0 aliphatic carbocycles. The minimum Gasteiger partial charge on any atom is -0.385 e. The Bertz CT molecular complexity index is 445. The number of nitrogens with zero attached hydrogens (tertiary/aromatic N) is 1. The number of carbonyl (C=O) groups is 1. The van der Waals surface area contributed by atoms with Crippen LogP contribution in [0.3, 0.4) is 0 Å². The Balaban J connectivity index is 2.17. The molecule has 21 heavy (non-hydrogen) atoms. The molecule has 0 saturated heterocycles. The first-order valence-corrected chi connectivity index (χ1v) is 6.57. The SMILES string of the molecule is COCCCOCCOCC(=O)c1ccc([N+](=O)[O-])cc1. The van der Waals surface area contributed by atoms with E-state index in [1.54, 1.807) is 7.11 Å². The summed E-state index contributed by atoms with van der Waals surface area (Å²) in [5, 5.41) is 10.5. The molecule has 0 aliphatic rings. The number of ether oxygens (including phenoxy) is 3. The number of carbonyl (C=O) groups excluding carboxylic acids is 1. The molecule has 0 aliphatic heterocycles. The van der Waals surface area contributed by atoms with Crippen molar-refractivity contribution in [2.24, 2.45) is 0 Å². The van der Waals surface area contributed by atoms with Crippen molar-refractivity contribution < 1.29 is 23.9 Å². The highest BCUT2D eigenvalue weighted by molar-refractivity contribution is 5.97. The molecule has 1 aromatic rings. The van der Waals surface area contributed by atoms with Crippen LogP contribution in [-0.4, -0.2) is 50.9 Å². The van der Waals surface area contributed by atoms with Crippen molar-refractivity contribution in [2.45, 2.75) is 6.42 Å². The average molecular weight is 297 g/mol. The van der Waals surface area contributed by atoms with E-state index in [1.165, 1.54) is 24.3 Å². The molecular formula is C14H19NO6. The van der Waals surface area contributed by atoms with Crippen LogP contribution in [0.25, 0.3) is 0 Å². The van der Waals surface area contributed by atoms with Gasteiger partial charge in [0.25, 0.3) is 5.69 Å². The van der Waals surface area contributed by atoms with Gasteiger partial charge in [0.2, 0.25) is 0 Å². The summed E-state index contributed by atoms with van der Waals surface area (Å²) in [6.45, 7) is 1.91. The van der Waals surface area contributed by atoms with E-state index in [9.17, 15) is 14.9 Å². The predicted octanol–water partition coefficient (Wildman–Crippen LogP) is 1.85. The Morgan fingerprint density at radius 3 is 2.38 bits per heavy atom. The van der Waals surface area contributed by atoms with Gasteiger partial charge >= 0.3 is 0 Å². The van der Waals surface area contributed by atoms with Crippen LogP contribution in [-0.2, 0) is 14.2 Å². The summed E-state index contributed by atoms with van der Waals surface area (Å²) in [7, 11) is 1.63. The third-order valence-electron chi connectivity index (χ3n) is 2.64. The zero-order valence-electron chi connectivity index (χ0n) is 11.9. The highest BCUT2D eigenvalue weighted by atomic mass is 16.6. The smallest absolute Gasteiger partial charge is 0.269 e. The van der Waals surface area contributed by atoms with Gasteiger partial charge in [-0.05, 0) is 18.6 Å². The van der Waals surface area contributed by atoms with Crippen LogP contribution in [0.5, 0.6) is 0 Å². The zero-order valence-corrected chi connectivity index (χ0v) is 11.9. The Kier molecular flexibility index (Phi) is 8.18. The molecule has 0 spiro atoms. The lowest BCUT2D eigenvalue weighted by atomic mass is 10.1. The fraction of sp³-hybridized carbons (Fsp3) is 0.500. The van der Waals surface area contributed by atoms with Gasteiger partial charge in [0.1, 0.15) is 6.61 Å². The van der Waals surface area contributed by atoms with E-state index in [4.69, 9.17) is 14.2 Å². The third kappa shape index (κ3) is 6.94. The molecule has 7 nitrogen and oxygen atoms in total. The number of rotatable bonds is 11. The molecule has 7 heteroatoms. The normalized spacial score (nSPS) is 10.5. The van der Waals surface area contributed by atoms with E-state index in [0.29, 0.717) is 32.0 Å². The predicted molar refractivity (Wildman–Crippen MR) is 75.6 cm³/mol. The van der Waals surface area contributed by atoms with E-state index in [-0.39, 0.29) is 18.1 Å². The molecule has 0 N–H and O–H groups in total. The molecular weight excluding hydrogens is 278 g/mol. The molecule has 0 amide bonds. The Labute approximate surface area is 123 Å². The van der Waals surface area contributed by atoms with Crippen molar-refractivity contribution >= 4 is 11.5 Å². The number of non-ortho nitro benzene ring substituents is 1. The lowest BCUT2D eigenvalue weighted by molar-refractivity contribution is -0.384. The number of ketones is 1. The standard InChI is InChI=1S/C14H19NO6/c1-19-7-2-8-20-9-10-21-11-14(16)12-3-5-13(6-4-12)15(17)18/h3-6H,2,7-11H2,1H3. The van der Waals surface area contributed by atoms with Gasteiger partial charge in [-0.15, -0.1) is 0 Å². The highest BCUT2D eigenvalue weighted by Crippen LogP contribution is 2.12. The molecule has 0 radical (unpaired) electrons. The summed E-state index contributed by atoms with van der Waals surface area (Å²) in [5.41, 5.74) is 0.346. The second-order valence-corrected chi connectivity index (χ2v) is 4.24. The summed E-state index contributed by atoms with van der Waals surface area (Å²) in [6, 6.07) is 5.44. The zero-order chi connectivity index (χ0) is 15.5. The van der Waals surface area contributed by atoms with Gasteiger partial charge in [-0.3, -0.25) is 14.9 Å². The minimum atomic E-state index is -0.508. The second-order valence-electron chi connectivity index (χ2n) is 4.24. The molecule has 1 rings (SSSR count). The van der Waals surface area contributed by atoms with Gasteiger partial charge in [0, 0.05) is 38.0 Å². The topological polar surface area (TPSA) is 87.9 Å². The fourth-order valence-corrected chi connectivity index (χ4v) is 1.54. The molecule has 116 valence electrons. The lowest BCUT2D eigenvalue weighted by Gasteiger charge is -2.05. The number of nitro groups is 1. The van der Waals surface area contributed by atoms with Crippen LogP contribution in [0.1, 0.15) is 16.8 Å². The van der Waals surface area contributed by atoms with E-state index < -0.39 is 4.92 Å². The van der Waals surface area contributed by atoms with Crippen LogP contribution in [0.4, 0.5) is 5.69 Å². The summed E-state index contributed by atoms with van der Waals surface area (Å²) >= 11 is 0. The van der Waals surface area contributed by atoms with E-state index in [2.05, 4.69) is 0 Å². The van der Waals surface area contributed by atoms with E-state index >= 15 is 0 Å². The molecule has 0 atom stereocenters. The van der Waals surface area contributed by atoms with E-state index in [0.717, 1.165) is 6.42 Å². The maximum atomic E-state index is 11.7. The summed E-state index contributed by atoms with van der Waals surface area (Å²) in [4.78, 5) is 21.7. The fourth-order valence-electron chi connectivity index (χ4n) is 1.54. The second kappa shape index (κ2) is 9.98. The molecule has 0 saturated carbocycles. The van der Waals surface area contributed by atoms with Crippen LogP contribution < -0.4 is 0 Å².